The third-order valence-corrected chi connectivity index (χ3v) is 10.6. The zero-order chi connectivity index (χ0) is 34.1. The summed E-state index contributed by atoms with van der Waals surface area (Å²) in [5.41, 5.74) is 11.6. The summed E-state index contributed by atoms with van der Waals surface area (Å²) in [5, 5.41) is 46.1. The molecule has 2 fully saturated rings. The molecule has 0 aromatic rings. The number of aliphatic carboxylic acids is 4. The summed E-state index contributed by atoms with van der Waals surface area (Å²) in [5.74, 6) is -8.73. The standard InChI is InChI=1S/C33H60N4O8/c1-18(2)36-23-10-6-21(7-11-23)29(22-8-12-24(13-9-22)37-19(3)4)30(34)20(5)14-15-33(35,25(31(42)43)16-27(38)39)26(32(44)45)17-28(40)41/h18-26,29-30,36-37H,6-17,34-35H2,1-5H3,(H,38,39)(H,40,41)(H,42,43)(H,44,45). The maximum absolute atomic E-state index is 12.3. The largest absolute Gasteiger partial charge is 0.481 e. The van der Waals surface area contributed by atoms with E-state index in [1.165, 1.54) is 0 Å². The summed E-state index contributed by atoms with van der Waals surface area (Å²) < 4.78 is 0. The third kappa shape index (κ3) is 11.5. The van der Waals surface area contributed by atoms with E-state index in [2.05, 4.69) is 38.3 Å². The summed E-state index contributed by atoms with van der Waals surface area (Å²) in [7, 11) is 0. The summed E-state index contributed by atoms with van der Waals surface area (Å²) in [6.45, 7) is 10.6. The van der Waals surface area contributed by atoms with Crippen LogP contribution in [-0.4, -0.2) is 80.1 Å². The molecule has 0 aliphatic heterocycles. The summed E-state index contributed by atoms with van der Waals surface area (Å²) in [4.78, 5) is 47.8. The van der Waals surface area contributed by atoms with Crippen molar-refractivity contribution in [2.45, 2.75) is 147 Å². The smallest absolute Gasteiger partial charge is 0.308 e. The highest BCUT2D eigenvalue weighted by molar-refractivity contribution is 5.83. The van der Waals surface area contributed by atoms with Gasteiger partial charge in [-0.05, 0) is 87.9 Å². The molecular formula is C33H60N4O8. The van der Waals surface area contributed by atoms with E-state index in [1.54, 1.807) is 0 Å². The molecule has 0 saturated heterocycles. The first-order chi connectivity index (χ1) is 21.0. The second-order valence-electron chi connectivity index (χ2n) is 14.6. The first kappa shape index (κ1) is 38.9. The minimum Gasteiger partial charge on any atom is -0.481 e. The molecule has 12 heteroatoms. The Morgan fingerprint density at radius 3 is 1.33 bits per heavy atom. The molecule has 45 heavy (non-hydrogen) atoms. The lowest BCUT2D eigenvalue weighted by Gasteiger charge is -2.46. The Kier molecular flexibility index (Phi) is 15.2. The number of rotatable bonds is 19. The van der Waals surface area contributed by atoms with Crippen LogP contribution in [0.1, 0.15) is 112 Å². The maximum atomic E-state index is 12.3. The number of nitrogens with two attached hydrogens (primary N) is 2. The van der Waals surface area contributed by atoms with Crippen LogP contribution in [0.15, 0.2) is 0 Å². The molecular weight excluding hydrogens is 580 g/mol. The van der Waals surface area contributed by atoms with Crippen LogP contribution in [0, 0.1) is 35.5 Å². The average Bonchev–Trinajstić information content (AvgIpc) is 2.94. The van der Waals surface area contributed by atoms with Gasteiger partial charge in [0.2, 0.25) is 0 Å². The van der Waals surface area contributed by atoms with E-state index in [4.69, 9.17) is 11.5 Å². The van der Waals surface area contributed by atoms with Gasteiger partial charge in [0, 0.05) is 35.7 Å². The van der Waals surface area contributed by atoms with Crippen molar-refractivity contribution in [3.8, 4) is 0 Å². The van der Waals surface area contributed by atoms with Gasteiger partial charge in [-0.25, -0.2) is 0 Å². The van der Waals surface area contributed by atoms with Gasteiger partial charge in [0.1, 0.15) is 0 Å². The van der Waals surface area contributed by atoms with Gasteiger partial charge in [-0.1, -0.05) is 34.6 Å². The normalized spacial score (nSPS) is 27.2. The number of hydrogen-bond donors (Lipinski definition) is 8. The Morgan fingerprint density at radius 2 is 1.04 bits per heavy atom. The molecule has 4 atom stereocenters. The van der Waals surface area contributed by atoms with Gasteiger partial charge in [-0.3, -0.25) is 19.2 Å². The topological polar surface area (TPSA) is 225 Å². The van der Waals surface area contributed by atoms with Gasteiger partial charge in [0.25, 0.3) is 0 Å². The minimum absolute atomic E-state index is 0.181. The molecule has 0 amide bonds. The molecule has 260 valence electrons. The fourth-order valence-electron chi connectivity index (χ4n) is 8.30. The molecule has 0 aromatic heterocycles. The number of hydrogen-bond acceptors (Lipinski definition) is 8. The molecule has 10 N–H and O–H groups in total. The van der Waals surface area contributed by atoms with Crippen molar-refractivity contribution in [1.82, 2.24) is 10.6 Å². The highest BCUT2D eigenvalue weighted by atomic mass is 16.4. The van der Waals surface area contributed by atoms with Gasteiger partial charge in [0.15, 0.2) is 0 Å². The third-order valence-electron chi connectivity index (χ3n) is 10.6. The molecule has 0 bridgehead atoms. The van der Waals surface area contributed by atoms with Crippen molar-refractivity contribution >= 4 is 23.9 Å². The Balaban J connectivity index is 2.33. The van der Waals surface area contributed by atoms with E-state index in [0.717, 1.165) is 51.4 Å². The fourth-order valence-corrected chi connectivity index (χ4v) is 8.30. The van der Waals surface area contributed by atoms with Crippen molar-refractivity contribution < 1.29 is 39.6 Å². The van der Waals surface area contributed by atoms with Crippen molar-refractivity contribution in [2.24, 2.45) is 47.0 Å². The number of nitrogens with one attached hydrogen (secondary N) is 2. The predicted octanol–water partition coefficient (Wildman–Crippen LogP) is 3.51. The summed E-state index contributed by atoms with van der Waals surface area (Å²) in [6, 6.07) is 1.51. The lowest BCUT2D eigenvalue weighted by atomic mass is 9.62. The number of carboxylic acid groups (broad SMARTS) is 4. The van der Waals surface area contributed by atoms with Crippen LogP contribution in [0.4, 0.5) is 0 Å². The van der Waals surface area contributed by atoms with Crippen LogP contribution >= 0.6 is 0 Å². The van der Waals surface area contributed by atoms with E-state index in [1.807, 2.05) is 6.92 Å². The first-order valence-electron chi connectivity index (χ1n) is 16.9. The Hall–Kier alpha value is -2.28. The summed E-state index contributed by atoms with van der Waals surface area (Å²) >= 11 is 0. The fraction of sp³-hybridized carbons (Fsp3) is 0.879. The molecule has 12 nitrogen and oxygen atoms in total. The Labute approximate surface area is 268 Å². The van der Waals surface area contributed by atoms with E-state index >= 15 is 0 Å². The zero-order valence-corrected chi connectivity index (χ0v) is 27.9. The molecule has 2 aliphatic carbocycles. The lowest BCUT2D eigenvalue weighted by molar-refractivity contribution is -0.159. The SMILES string of the molecule is CC(C)NC1CCC(C(C2CCC(NC(C)C)CC2)C(N)C(C)CCC(N)(C(CC(=O)O)C(=O)O)C(CC(=O)O)C(=O)O)CC1. The van der Waals surface area contributed by atoms with Crippen LogP contribution in [0.25, 0.3) is 0 Å². The van der Waals surface area contributed by atoms with E-state index < -0.39 is 54.1 Å². The van der Waals surface area contributed by atoms with E-state index in [0.29, 0.717) is 36.0 Å². The number of carbonyl (C=O) groups is 4. The van der Waals surface area contributed by atoms with Crippen LogP contribution in [-0.2, 0) is 19.2 Å². The zero-order valence-electron chi connectivity index (χ0n) is 27.9. The number of carboxylic acids is 4. The second kappa shape index (κ2) is 17.6. The highest BCUT2D eigenvalue weighted by Gasteiger charge is 2.51. The van der Waals surface area contributed by atoms with Crippen molar-refractivity contribution in [1.29, 1.82) is 0 Å². The highest BCUT2D eigenvalue weighted by Crippen LogP contribution is 2.44. The molecule has 0 radical (unpaired) electrons. The monoisotopic (exact) mass is 640 g/mol. The lowest BCUT2D eigenvalue weighted by Crippen LogP contribution is -2.59. The van der Waals surface area contributed by atoms with Gasteiger partial charge < -0.3 is 42.5 Å². The first-order valence-corrected chi connectivity index (χ1v) is 16.9. The van der Waals surface area contributed by atoms with Crippen molar-refractivity contribution in [3.63, 3.8) is 0 Å². The molecule has 2 saturated carbocycles. The van der Waals surface area contributed by atoms with Gasteiger partial charge in [0.05, 0.1) is 24.7 Å². The van der Waals surface area contributed by atoms with Crippen molar-refractivity contribution in [3.05, 3.63) is 0 Å². The Bertz CT molecular complexity index is 912. The van der Waals surface area contributed by atoms with Crippen LogP contribution in [0.5, 0.6) is 0 Å². The molecule has 2 aliphatic rings. The van der Waals surface area contributed by atoms with Crippen molar-refractivity contribution in [2.75, 3.05) is 0 Å². The van der Waals surface area contributed by atoms with Crippen LogP contribution < -0.4 is 22.1 Å². The summed E-state index contributed by atoms with van der Waals surface area (Å²) in [6.07, 6.45) is 6.74. The predicted molar refractivity (Wildman–Crippen MR) is 172 cm³/mol. The Morgan fingerprint density at radius 1 is 0.689 bits per heavy atom. The van der Waals surface area contributed by atoms with Gasteiger partial charge in [-0.2, -0.15) is 0 Å². The van der Waals surface area contributed by atoms with Crippen LogP contribution in [0.2, 0.25) is 0 Å². The van der Waals surface area contributed by atoms with E-state index in [9.17, 15) is 39.6 Å². The van der Waals surface area contributed by atoms with Gasteiger partial charge >= 0.3 is 23.9 Å². The maximum Gasteiger partial charge on any atom is 0.308 e. The molecule has 0 spiro atoms. The molecule has 0 heterocycles. The quantitative estimate of drug-likeness (QED) is 0.102. The van der Waals surface area contributed by atoms with E-state index in [-0.39, 0.29) is 30.7 Å². The minimum atomic E-state index is -2.11. The average molecular weight is 641 g/mol. The molecule has 4 unspecified atom stereocenters. The molecule has 2 rings (SSSR count). The molecule has 0 aromatic carbocycles. The van der Waals surface area contributed by atoms with Gasteiger partial charge in [-0.15, -0.1) is 0 Å². The second-order valence-corrected chi connectivity index (χ2v) is 14.6. The van der Waals surface area contributed by atoms with Crippen LogP contribution in [0.3, 0.4) is 0 Å².